The minimum Gasteiger partial charge on any atom is -0.493 e. The molecule has 1 unspecified atom stereocenters. The Balaban J connectivity index is 1.44. The lowest BCUT2D eigenvalue weighted by atomic mass is 10.1. The van der Waals surface area contributed by atoms with Gasteiger partial charge in [-0.1, -0.05) is 30.3 Å². The molecule has 1 aliphatic rings. The van der Waals surface area contributed by atoms with Crippen LogP contribution in [0.5, 0.6) is 5.75 Å². The first-order valence-corrected chi connectivity index (χ1v) is 11.4. The van der Waals surface area contributed by atoms with Gasteiger partial charge >= 0.3 is 5.97 Å². The number of carboxylic acids is 1. The van der Waals surface area contributed by atoms with Crippen molar-refractivity contribution in [1.29, 1.82) is 0 Å². The van der Waals surface area contributed by atoms with E-state index in [0.717, 1.165) is 37.0 Å². The Morgan fingerprint density at radius 3 is 2.52 bits per heavy atom. The van der Waals surface area contributed by atoms with Crippen LogP contribution in [0.15, 0.2) is 71.3 Å². The Morgan fingerprint density at radius 1 is 1.03 bits per heavy atom. The zero-order chi connectivity index (χ0) is 23.9. The monoisotopic (exact) mass is 448 g/mol. The second kappa shape index (κ2) is 10.9. The fraction of sp³-hybridized carbons (Fsp3) is 0.333. The summed E-state index contributed by atoms with van der Waals surface area (Å²) in [7, 11) is 0. The van der Waals surface area contributed by atoms with Gasteiger partial charge in [0.1, 0.15) is 11.5 Å². The van der Waals surface area contributed by atoms with E-state index >= 15 is 0 Å². The number of benzene rings is 2. The molecule has 1 atom stereocenters. The lowest BCUT2D eigenvalue weighted by Gasteiger charge is -2.24. The molecule has 0 saturated heterocycles. The molecule has 1 N–H and O–H groups in total. The van der Waals surface area contributed by atoms with Gasteiger partial charge in [0.15, 0.2) is 0 Å². The number of hydrogen-bond donors (Lipinski definition) is 1. The number of amides is 1. The van der Waals surface area contributed by atoms with Gasteiger partial charge in [-0.2, -0.15) is 0 Å². The van der Waals surface area contributed by atoms with Crippen LogP contribution in [-0.2, 0) is 11.3 Å². The smallest absolute Gasteiger partial charge is 0.303 e. The molecule has 4 rings (SSSR count). The predicted octanol–water partition coefficient (Wildman–Crippen LogP) is 5.78. The molecule has 6 heteroatoms. The van der Waals surface area contributed by atoms with Crippen molar-refractivity contribution in [1.82, 2.24) is 4.90 Å². The van der Waals surface area contributed by atoms with Crippen molar-refractivity contribution in [2.45, 2.75) is 51.1 Å². The van der Waals surface area contributed by atoms with Crippen LogP contribution in [0, 0.1) is 0 Å². The van der Waals surface area contributed by atoms with Crippen molar-refractivity contribution in [3.8, 4) is 17.1 Å². The Bertz CT molecular complexity index is 1090. The predicted molar refractivity (Wildman–Crippen MR) is 125 cm³/mol. The van der Waals surface area contributed by atoms with Gasteiger partial charge in [-0.3, -0.25) is 9.59 Å². The summed E-state index contributed by atoms with van der Waals surface area (Å²) in [5.74, 6) is 0.374. The van der Waals surface area contributed by atoms with E-state index in [1.807, 2.05) is 48.5 Å². The number of unbranched alkanes of at least 4 members (excludes halogenated alkanes) is 2. The van der Waals surface area contributed by atoms with Crippen LogP contribution in [0.4, 0.5) is 0 Å². The number of rotatable bonds is 12. The molecule has 0 spiro atoms. The van der Waals surface area contributed by atoms with E-state index in [1.54, 1.807) is 23.3 Å². The van der Waals surface area contributed by atoms with Gasteiger partial charge in [-0.15, -0.1) is 0 Å². The highest BCUT2D eigenvalue weighted by Crippen LogP contribution is 2.32. The molecule has 2 aromatic carbocycles. The summed E-state index contributed by atoms with van der Waals surface area (Å²) < 4.78 is 20.3. The normalized spacial score (nSPS) is 14.4. The standard InChI is InChI=1S/C27H29NO5/c29-26(30)10-2-1-5-17-32-25-8-4-3-7-22(25)19-28(23-15-16-23)27(31)21-13-11-20(12-14-21)24-9-6-18-33-24/h3-4,6-9,11-14,18,23H,1-2,5,10,15-17,19H2,(H,29,30)/i19D. The van der Waals surface area contributed by atoms with Crippen LogP contribution < -0.4 is 4.74 Å². The van der Waals surface area contributed by atoms with Crippen molar-refractivity contribution >= 4 is 11.9 Å². The highest BCUT2D eigenvalue weighted by molar-refractivity contribution is 5.95. The minimum absolute atomic E-state index is 0.0452. The maximum absolute atomic E-state index is 13.4. The summed E-state index contributed by atoms with van der Waals surface area (Å²) in [5, 5.41) is 8.74. The van der Waals surface area contributed by atoms with Crippen molar-refractivity contribution in [2.24, 2.45) is 0 Å². The second-order valence-corrected chi connectivity index (χ2v) is 8.22. The first kappa shape index (κ1) is 21.3. The largest absolute Gasteiger partial charge is 0.493 e. The van der Waals surface area contributed by atoms with Gasteiger partial charge in [-0.25, -0.2) is 0 Å². The molecule has 0 aliphatic heterocycles. The SMILES string of the molecule is [2H]C(c1ccccc1OCCCCCC(=O)O)N(C(=O)c1ccc(-c2ccco2)cc1)C1CC1. The first-order chi connectivity index (χ1) is 16.5. The topological polar surface area (TPSA) is 80.0 Å². The number of ether oxygens (including phenoxy) is 1. The number of aliphatic carboxylic acids is 1. The molecule has 172 valence electrons. The average Bonchev–Trinajstić information content (AvgIpc) is 3.52. The highest BCUT2D eigenvalue weighted by Gasteiger charge is 2.33. The zero-order valence-electron chi connectivity index (χ0n) is 19.5. The summed E-state index contributed by atoms with van der Waals surface area (Å²) in [6.07, 6.45) is 5.66. The molecule has 1 aliphatic carbocycles. The number of hydrogen-bond acceptors (Lipinski definition) is 4. The van der Waals surface area contributed by atoms with Crippen LogP contribution in [-0.4, -0.2) is 34.5 Å². The number of nitrogens with zero attached hydrogens (tertiary/aromatic N) is 1. The summed E-state index contributed by atoms with van der Waals surface area (Å²) in [6, 6.07) is 18.4. The number of carboxylic acid groups (broad SMARTS) is 1. The van der Waals surface area contributed by atoms with Crippen molar-refractivity contribution in [3.63, 3.8) is 0 Å². The molecule has 6 nitrogen and oxygen atoms in total. The Hall–Kier alpha value is -3.54. The average molecular weight is 449 g/mol. The van der Waals surface area contributed by atoms with E-state index in [0.29, 0.717) is 29.9 Å². The van der Waals surface area contributed by atoms with Crippen LogP contribution >= 0.6 is 0 Å². The summed E-state index contributed by atoms with van der Waals surface area (Å²) in [6.45, 7) is -0.442. The van der Waals surface area contributed by atoms with Gasteiger partial charge < -0.3 is 19.2 Å². The third-order valence-corrected chi connectivity index (χ3v) is 5.60. The van der Waals surface area contributed by atoms with Crippen molar-refractivity contribution in [3.05, 3.63) is 78.1 Å². The van der Waals surface area contributed by atoms with Gasteiger partial charge in [-0.05, 0) is 62.4 Å². The van der Waals surface area contributed by atoms with Crippen LogP contribution in [0.1, 0.15) is 55.8 Å². The van der Waals surface area contributed by atoms with Gasteiger partial charge in [0.05, 0.1) is 14.2 Å². The second-order valence-electron chi connectivity index (χ2n) is 8.22. The highest BCUT2D eigenvalue weighted by atomic mass is 16.5. The molecule has 1 amide bonds. The molecule has 1 aromatic heterocycles. The van der Waals surface area contributed by atoms with Gasteiger partial charge in [0.2, 0.25) is 0 Å². The number of carbonyl (C=O) groups is 2. The van der Waals surface area contributed by atoms with Crippen LogP contribution in [0.3, 0.4) is 0 Å². The fourth-order valence-corrected chi connectivity index (χ4v) is 3.66. The molecule has 1 fully saturated rings. The summed E-state index contributed by atoms with van der Waals surface area (Å²) >= 11 is 0. The van der Waals surface area contributed by atoms with E-state index in [-0.39, 0.29) is 18.4 Å². The van der Waals surface area contributed by atoms with E-state index in [1.165, 1.54) is 0 Å². The van der Waals surface area contributed by atoms with Crippen molar-refractivity contribution < 1.29 is 25.2 Å². The summed E-state index contributed by atoms with van der Waals surface area (Å²) in [4.78, 5) is 25.7. The quantitative estimate of drug-likeness (QED) is 0.356. The van der Waals surface area contributed by atoms with E-state index in [4.69, 9.17) is 15.6 Å². The molecule has 1 heterocycles. The first-order valence-electron chi connectivity index (χ1n) is 11.9. The number of para-hydroxylation sites is 1. The molecular weight excluding hydrogens is 418 g/mol. The molecule has 3 aromatic rings. The Kier molecular flexibility index (Phi) is 7.01. The van der Waals surface area contributed by atoms with E-state index in [9.17, 15) is 9.59 Å². The lowest BCUT2D eigenvalue weighted by Crippen LogP contribution is -2.32. The molecule has 1 saturated carbocycles. The third-order valence-electron chi connectivity index (χ3n) is 5.60. The molecule has 33 heavy (non-hydrogen) atoms. The Morgan fingerprint density at radius 2 is 1.82 bits per heavy atom. The van der Waals surface area contributed by atoms with Crippen LogP contribution in [0.25, 0.3) is 11.3 Å². The molecule has 0 radical (unpaired) electrons. The maximum Gasteiger partial charge on any atom is 0.303 e. The zero-order valence-corrected chi connectivity index (χ0v) is 18.5. The molecule has 0 bridgehead atoms. The summed E-state index contributed by atoms with van der Waals surface area (Å²) in [5.41, 5.74) is 2.08. The van der Waals surface area contributed by atoms with E-state index in [2.05, 4.69) is 0 Å². The fourth-order valence-electron chi connectivity index (χ4n) is 3.66. The molecular formula is C27H29NO5. The maximum atomic E-state index is 13.4. The lowest BCUT2D eigenvalue weighted by molar-refractivity contribution is -0.137. The minimum atomic E-state index is -0.882. The van der Waals surface area contributed by atoms with Gasteiger partial charge in [0, 0.05) is 35.7 Å². The van der Waals surface area contributed by atoms with Crippen LogP contribution in [0.2, 0.25) is 0 Å². The number of furan rings is 1. The van der Waals surface area contributed by atoms with Crippen molar-refractivity contribution in [2.75, 3.05) is 6.61 Å². The van der Waals surface area contributed by atoms with Gasteiger partial charge in [0.25, 0.3) is 5.91 Å². The third kappa shape index (κ3) is 6.25. The van der Waals surface area contributed by atoms with E-state index < -0.39 is 12.5 Å². The number of carbonyl (C=O) groups excluding carboxylic acids is 1. The Labute approximate surface area is 195 Å².